The van der Waals surface area contributed by atoms with Crippen molar-refractivity contribution in [3.05, 3.63) is 12.2 Å². The fourth-order valence-corrected chi connectivity index (χ4v) is 1.18. The molecule has 0 unspecified atom stereocenters. The Labute approximate surface area is 84.5 Å². The molecule has 1 N–H and O–H groups in total. The Balaban J connectivity index is 2.17. The van der Waals surface area contributed by atoms with Crippen LogP contribution in [-0.2, 0) is 17.8 Å². The second-order valence-electron chi connectivity index (χ2n) is 2.87. The van der Waals surface area contributed by atoms with E-state index in [2.05, 4.69) is 22.3 Å². The standard InChI is InChI=1S/C9H18N4O/c1-3-13-9(11-8-12-13)7-10-5-6-14-4-2/h8,10H,3-7H2,1-2H3. The number of hydrogen-bond donors (Lipinski definition) is 1. The maximum atomic E-state index is 5.20. The first-order chi connectivity index (χ1) is 6.88. The third-order valence-electron chi connectivity index (χ3n) is 1.91. The van der Waals surface area contributed by atoms with Crippen LogP contribution in [0.3, 0.4) is 0 Å². The van der Waals surface area contributed by atoms with Gasteiger partial charge in [-0.15, -0.1) is 0 Å². The molecule has 0 spiro atoms. The summed E-state index contributed by atoms with van der Waals surface area (Å²) in [6.45, 7) is 8.03. The minimum absolute atomic E-state index is 0.747. The van der Waals surface area contributed by atoms with Gasteiger partial charge in [0, 0.05) is 19.7 Å². The van der Waals surface area contributed by atoms with Crippen LogP contribution in [0.2, 0.25) is 0 Å². The molecule has 0 amide bonds. The quantitative estimate of drug-likeness (QED) is 0.645. The third-order valence-corrected chi connectivity index (χ3v) is 1.91. The summed E-state index contributed by atoms with van der Waals surface area (Å²) in [7, 11) is 0. The number of nitrogens with zero attached hydrogens (tertiary/aromatic N) is 3. The molecule has 1 aromatic rings. The third kappa shape index (κ3) is 3.43. The number of nitrogens with one attached hydrogen (secondary N) is 1. The summed E-state index contributed by atoms with van der Waals surface area (Å²) in [5.74, 6) is 0.976. The van der Waals surface area contributed by atoms with Crippen molar-refractivity contribution in [2.75, 3.05) is 19.8 Å². The average molecular weight is 198 g/mol. The predicted octanol–water partition coefficient (Wildman–Crippen LogP) is 0.424. The summed E-state index contributed by atoms with van der Waals surface area (Å²) in [5.41, 5.74) is 0. The lowest BCUT2D eigenvalue weighted by Gasteiger charge is -2.05. The summed E-state index contributed by atoms with van der Waals surface area (Å²) in [6.07, 6.45) is 1.59. The molecule has 5 nitrogen and oxygen atoms in total. The van der Waals surface area contributed by atoms with E-state index in [4.69, 9.17) is 4.74 Å². The van der Waals surface area contributed by atoms with E-state index in [1.807, 2.05) is 11.6 Å². The average Bonchev–Trinajstić information content (AvgIpc) is 2.65. The minimum atomic E-state index is 0.747. The highest BCUT2D eigenvalue weighted by Crippen LogP contribution is 1.92. The summed E-state index contributed by atoms with van der Waals surface area (Å²) in [4.78, 5) is 4.15. The molecule has 5 heteroatoms. The first-order valence-electron chi connectivity index (χ1n) is 5.03. The van der Waals surface area contributed by atoms with E-state index in [-0.39, 0.29) is 0 Å². The van der Waals surface area contributed by atoms with Gasteiger partial charge in [-0.3, -0.25) is 0 Å². The van der Waals surface area contributed by atoms with E-state index in [0.29, 0.717) is 0 Å². The van der Waals surface area contributed by atoms with E-state index < -0.39 is 0 Å². The zero-order valence-electron chi connectivity index (χ0n) is 8.86. The van der Waals surface area contributed by atoms with Gasteiger partial charge in [0.2, 0.25) is 0 Å². The molecule has 0 aliphatic rings. The fraction of sp³-hybridized carbons (Fsp3) is 0.778. The summed E-state index contributed by atoms with van der Waals surface area (Å²) in [6, 6.07) is 0. The van der Waals surface area contributed by atoms with E-state index in [1.54, 1.807) is 6.33 Å². The highest BCUT2D eigenvalue weighted by atomic mass is 16.5. The van der Waals surface area contributed by atoms with E-state index in [0.717, 1.165) is 38.7 Å². The largest absolute Gasteiger partial charge is 0.380 e. The normalized spacial score (nSPS) is 10.7. The van der Waals surface area contributed by atoms with Gasteiger partial charge in [-0.05, 0) is 13.8 Å². The highest BCUT2D eigenvalue weighted by molar-refractivity contribution is 4.83. The number of rotatable bonds is 7. The maximum absolute atomic E-state index is 5.20. The van der Waals surface area contributed by atoms with Crippen LogP contribution in [0.15, 0.2) is 6.33 Å². The van der Waals surface area contributed by atoms with Crippen LogP contribution in [0.1, 0.15) is 19.7 Å². The van der Waals surface area contributed by atoms with Crippen LogP contribution >= 0.6 is 0 Å². The molecular formula is C9H18N4O. The first-order valence-corrected chi connectivity index (χ1v) is 5.03. The van der Waals surface area contributed by atoms with Crippen molar-refractivity contribution in [3.63, 3.8) is 0 Å². The molecule has 0 saturated heterocycles. The van der Waals surface area contributed by atoms with Crippen LogP contribution in [0.25, 0.3) is 0 Å². The van der Waals surface area contributed by atoms with Crippen LogP contribution in [-0.4, -0.2) is 34.5 Å². The van der Waals surface area contributed by atoms with E-state index in [1.165, 1.54) is 0 Å². The smallest absolute Gasteiger partial charge is 0.140 e. The zero-order valence-corrected chi connectivity index (χ0v) is 8.86. The van der Waals surface area contributed by atoms with Gasteiger partial charge >= 0.3 is 0 Å². The highest BCUT2D eigenvalue weighted by Gasteiger charge is 2.00. The van der Waals surface area contributed by atoms with Gasteiger partial charge in [-0.2, -0.15) is 5.10 Å². The van der Waals surface area contributed by atoms with Crippen LogP contribution < -0.4 is 5.32 Å². The van der Waals surface area contributed by atoms with Gasteiger partial charge in [-0.1, -0.05) is 0 Å². The Bertz CT molecular complexity index is 249. The van der Waals surface area contributed by atoms with Crippen molar-refractivity contribution >= 4 is 0 Å². The van der Waals surface area contributed by atoms with Gasteiger partial charge in [0.25, 0.3) is 0 Å². The van der Waals surface area contributed by atoms with Crippen molar-refractivity contribution in [1.29, 1.82) is 0 Å². The lowest BCUT2D eigenvalue weighted by Crippen LogP contribution is -2.21. The molecule has 0 aromatic carbocycles. The Kier molecular flexibility index (Phi) is 5.17. The zero-order chi connectivity index (χ0) is 10.2. The maximum Gasteiger partial charge on any atom is 0.140 e. The van der Waals surface area contributed by atoms with Crippen LogP contribution in [0, 0.1) is 0 Å². The molecule has 0 aliphatic carbocycles. The number of hydrogen-bond acceptors (Lipinski definition) is 4. The van der Waals surface area contributed by atoms with Gasteiger partial charge in [-0.25, -0.2) is 9.67 Å². The van der Waals surface area contributed by atoms with E-state index in [9.17, 15) is 0 Å². The molecular weight excluding hydrogens is 180 g/mol. The molecule has 1 aromatic heterocycles. The summed E-state index contributed by atoms with van der Waals surface area (Å²) in [5, 5.41) is 7.33. The van der Waals surface area contributed by atoms with E-state index >= 15 is 0 Å². The number of aryl methyl sites for hydroxylation is 1. The van der Waals surface area contributed by atoms with Gasteiger partial charge in [0.15, 0.2) is 0 Å². The number of ether oxygens (including phenoxy) is 1. The topological polar surface area (TPSA) is 52.0 Å². The van der Waals surface area contributed by atoms with Crippen molar-refractivity contribution < 1.29 is 4.74 Å². The van der Waals surface area contributed by atoms with Crippen molar-refractivity contribution in [3.8, 4) is 0 Å². The molecule has 1 heterocycles. The first kappa shape index (κ1) is 11.1. The van der Waals surface area contributed by atoms with Crippen LogP contribution in [0.4, 0.5) is 0 Å². The summed E-state index contributed by atoms with van der Waals surface area (Å²) < 4.78 is 7.09. The molecule has 80 valence electrons. The van der Waals surface area contributed by atoms with Gasteiger partial charge in [0.05, 0.1) is 13.2 Å². The van der Waals surface area contributed by atoms with Gasteiger partial charge in [0.1, 0.15) is 12.2 Å². The molecule has 0 atom stereocenters. The minimum Gasteiger partial charge on any atom is -0.380 e. The Hall–Kier alpha value is -0.940. The molecule has 0 radical (unpaired) electrons. The second-order valence-corrected chi connectivity index (χ2v) is 2.87. The Morgan fingerprint density at radius 3 is 3.07 bits per heavy atom. The molecule has 0 bridgehead atoms. The predicted molar refractivity (Wildman–Crippen MR) is 53.9 cm³/mol. The van der Waals surface area contributed by atoms with Crippen LogP contribution in [0.5, 0.6) is 0 Å². The molecule has 1 rings (SSSR count). The monoisotopic (exact) mass is 198 g/mol. The van der Waals surface area contributed by atoms with Gasteiger partial charge < -0.3 is 10.1 Å². The summed E-state index contributed by atoms with van der Waals surface area (Å²) >= 11 is 0. The molecule has 14 heavy (non-hydrogen) atoms. The molecule has 0 saturated carbocycles. The van der Waals surface area contributed by atoms with Crippen molar-refractivity contribution in [1.82, 2.24) is 20.1 Å². The van der Waals surface area contributed by atoms with Crippen molar-refractivity contribution in [2.45, 2.75) is 26.9 Å². The Morgan fingerprint density at radius 1 is 1.50 bits per heavy atom. The fourth-order valence-electron chi connectivity index (χ4n) is 1.18. The lowest BCUT2D eigenvalue weighted by atomic mass is 10.5. The number of aromatic nitrogens is 3. The molecule has 0 fully saturated rings. The second kappa shape index (κ2) is 6.50. The lowest BCUT2D eigenvalue weighted by molar-refractivity contribution is 0.149. The van der Waals surface area contributed by atoms with Crippen molar-refractivity contribution in [2.24, 2.45) is 0 Å². The molecule has 0 aliphatic heterocycles. The SMILES string of the molecule is CCOCCNCc1ncnn1CC. The Morgan fingerprint density at radius 2 is 2.36 bits per heavy atom.